The molecular formula is C43H62FN7O8. The number of hydrogen-bond acceptors (Lipinski definition) is 8. The molecule has 0 spiro atoms. The van der Waals surface area contributed by atoms with E-state index in [9.17, 15) is 38.0 Å². The van der Waals surface area contributed by atoms with Crippen molar-refractivity contribution >= 4 is 47.7 Å². The van der Waals surface area contributed by atoms with Gasteiger partial charge in [-0.25, -0.2) is 9.18 Å². The number of para-hydroxylation sites is 1. The van der Waals surface area contributed by atoms with Crippen LogP contribution in [0.1, 0.15) is 83.8 Å². The fourth-order valence-corrected chi connectivity index (χ4v) is 7.50. The first-order valence-electron chi connectivity index (χ1n) is 20.4. The molecule has 3 fully saturated rings. The molecule has 15 nitrogen and oxygen atoms in total. The molecule has 0 aliphatic carbocycles. The van der Waals surface area contributed by atoms with Gasteiger partial charge in [-0.05, 0) is 91.2 Å². The van der Waals surface area contributed by atoms with E-state index in [0.29, 0.717) is 51.3 Å². The summed E-state index contributed by atoms with van der Waals surface area (Å²) in [5.74, 6) is -1.29. The molecule has 7 amide bonds. The van der Waals surface area contributed by atoms with E-state index in [2.05, 4.69) is 66.3 Å². The van der Waals surface area contributed by atoms with Crippen LogP contribution in [0, 0.1) is 25.6 Å². The molecule has 2 aromatic carbocycles. The Morgan fingerprint density at radius 2 is 1.54 bits per heavy atom. The average molecular weight is 824 g/mol. The lowest BCUT2D eigenvalue weighted by Gasteiger charge is -2.38. The molecule has 16 heteroatoms. The SMILES string of the molecule is CC(CC(=O)N1CCCC1C(=O)N1CCCCC1C(=O)NC(C)C(=O)N1C[C@H](C)CC1C)OC=O.CNC(=O)CNC(=O)Nc1ccccc1F.Cc1cccc(C)c1. The van der Waals surface area contributed by atoms with Crippen molar-refractivity contribution in [3.05, 3.63) is 65.5 Å². The summed E-state index contributed by atoms with van der Waals surface area (Å²) < 4.78 is 17.9. The van der Waals surface area contributed by atoms with E-state index in [1.54, 1.807) is 29.7 Å². The maximum atomic E-state index is 13.5. The van der Waals surface area contributed by atoms with Crippen LogP contribution in [0.4, 0.5) is 14.9 Å². The Bertz CT molecular complexity index is 1740. The number of nitrogens with one attached hydrogen (secondary N) is 4. The van der Waals surface area contributed by atoms with Crippen LogP contribution < -0.4 is 21.3 Å². The number of anilines is 1. The predicted octanol–water partition coefficient (Wildman–Crippen LogP) is 4.07. The van der Waals surface area contributed by atoms with Crippen LogP contribution in [-0.4, -0.2) is 120 Å². The number of urea groups is 1. The summed E-state index contributed by atoms with van der Waals surface area (Å²) in [5.41, 5.74) is 2.74. The number of nitrogens with zero attached hydrogens (tertiary/aromatic N) is 3. The minimum atomic E-state index is -0.669. The van der Waals surface area contributed by atoms with Crippen molar-refractivity contribution < 1.29 is 42.7 Å². The Kier molecular flexibility index (Phi) is 19.3. The van der Waals surface area contributed by atoms with Crippen LogP contribution in [0.2, 0.25) is 0 Å². The second-order valence-electron chi connectivity index (χ2n) is 15.6. The highest BCUT2D eigenvalue weighted by atomic mass is 19.1. The van der Waals surface area contributed by atoms with Crippen molar-refractivity contribution in [2.75, 3.05) is 38.5 Å². The highest BCUT2D eigenvalue weighted by Gasteiger charge is 2.42. The molecule has 4 N–H and O–H groups in total. The van der Waals surface area contributed by atoms with Gasteiger partial charge in [-0.1, -0.05) is 54.4 Å². The first-order valence-corrected chi connectivity index (χ1v) is 20.4. The third kappa shape index (κ3) is 15.0. The normalized spacial score (nSPS) is 20.6. The number of amides is 7. The van der Waals surface area contributed by atoms with Gasteiger partial charge in [0.25, 0.3) is 6.47 Å². The molecule has 59 heavy (non-hydrogen) atoms. The standard InChI is InChI=1S/C25H40N4O6.C10H12FN3O2.C8H10/c1-16-12-17(2)29(14-16)24(33)19(4)26-23(32)20-8-5-6-10-28(20)25(34)21-9-7-11-27(21)22(31)13-18(3)35-15-30;1-12-9(15)6-13-10(16)14-8-5-3-2-4-7(8)11;1-7-4-3-5-8(2)6-7/h15-21H,5-14H2,1-4H3,(H,26,32);2-5H,6H2,1H3,(H,12,15)(H2,13,14,16);3-6H,1-2H3/t16-,17?,18?,19?,20?,21?;;/m1../s1. The molecule has 2 aromatic rings. The lowest BCUT2D eigenvalue weighted by molar-refractivity contribution is -0.151. The monoisotopic (exact) mass is 823 g/mol. The number of hydrogen-bond donors (Lipinski definition) is 4. The summed E-state index contributed by atoms with van der Waals surface area (Å²) in [6.45, 7) is 13.4. The molecular weight excluding hydrogens is 762 g/mol. The molecule has 3 saturated heterocycles. The summed E-state index contributed by atoms with van der Waals surface area (Å²) in [5, 5.41) is 9.76. The van der Waals surface area contributed by atoms with Gasteiger partial charge in [0.15, 0.2) is 0 Å². The van der Waals surface area contributed by atoms with E-state index in [-0.39, 0.29) is 54.2 Å². The number of aryl methyl sites for hydroxylation is 2. The van der Waals surface area contributed by atoms with Crippen molar-refractivity contribution in [2.24, 2.45) is 5.92 Å². The van der Waals surface area contributed by atoms with Crippen molar-refractivity contribution in [2.45, 2.75) is 117 Å². The van der Waals surface area contributed by atoms with Gasteiger partial charge in [0.05, 0.1) is 18.7 Å². The Morgan fingerprint density at radius 1 is 0.881 bits per heavy atom. The Balaban J connectivity index is 0.000000316. The molecule has 5 rings (SSSR count). The van der Waals surface area contributed by atoms with Gasteiger partial charge in [0.1, 0.15) is 30.0 Å². The van der Waals surface area contributed by atoms with Crippen molar-refractivity contribution in [3.8, 4) is 0 Å². The van der Waals surface area contributed by atoms with Gasteiger partial charge in [-0.3, -0.25) is 28.8 Å². The average Bonchev–Trinajstić information content (AvgIpc) is 3.83. The number of piperidine rings is 1. The fraction of sp³-hybridized carbons (Fsp3) is 0.558. The zero-order valence-electron chi connectivity index (χ0n) is 35.4. The smallest absolute Gasteiger partial charge is 0.319 e. The van der Waals surface area contributed by atoms with Gasteiger partial charge in [0, 0.05) is 32.7 Å². The lowest BCUT2D eigenvalue weighted by Crippen LogP contribution is -2.59. The lowest BCUT2D eigenvalue weighted by atomic mass is 9.99. The maximum Gasteiger partial charge on any atom is 0.319 e. The third-order valence-corrected chi connectivity index (χ3v) is 10.5. The molecule has 6 atom stereocenters. The summed E-state index contributed by atoms with van der Waals surface area (Å²) in [6.07, 6.45) is 3.78. The van der Waals surface area contributed by atoms with Crippen molar-refractivity contribution in [1.82, 2.24) is 30.7 Å². The number of carbonyl (C=O) groups excluding carboxylic acids is 7. The van der Waals surface area contributed by atoms with Gasteiger partial charge >= 0.3 is 6.03 Å². The zero-order chi connectivity index (χ0) is 43.6. The fourth-order valence-electron chi connectivity index (χ4n) is 7.50. The summed E-state index contributed by atoms with van der Waals surface area (Å²) >= 11 is 0. The van der Waals surface area contributed by atoms with E-state index in [0.717, 1.165) is 19.3 Å². The van der Waals surface area contributed by atoms with Crippen molar-refractivity contribution in [3.63, 3.8) is 0 Å². The van der Waals surface area contributed by atoms with E-state index in [1.165, 1.54) is 36.4 Å². The van der Waals surface area contributed by atoms with Crippen molar-refractivity contribution in [1.29, 1.82) is 0 Å². The molecule has 0 aromatic heterocycles. The van der Waals surface area contributed by atoms with Gasteiger partial charge in [-0.2, -0.15) is 0 Å². The molecule has 324 valence electrons. The zero-order valence-corrected chi connectivity index (χ0v) is 35.4. The minimum Gasteiger partial charge on any atom is -0.464 e. The Labute approximate surface area is 347 Å². The highest BCUT2D eigenvalue weighted by molar-refractivity contribution is 5.95. The molecule has 0 bridgehead atoms. The molecule has 3 aliphatic heterocycles. The second-order valence-corrected chi connectivity index (χ2v) is 15.6. The van der Waals surface area contributed by atoms with Crippen LogP contribution in [0.25, 0.3) is 0 Å². The largest absolute Gasteiger partial charge is 0.464 e. The number of halogens is 1. The van der Waals surface area contributed by atoms with Gasteiger partial charge in [-0.15, -0.1) is 0 Å². The number of likely N-dealkylation sites (tertiary alicyclic amines) is 3. The van der Waals surface area contributed by atoms with Crippen LogP contribution in [0.15, 0.2) is 48.5 Å². The van der Waals surface area contributed by atoms with E-state index in [1.807, 2.05) is 11.8 Å². The maximum absolute atomic E-state index is 13.5. The number of rotatable bonds is 11. The molecule has 3 heterocycles. The summed E-state index contributed by atoms with van der Waals surface area (Å²) in [4.78, 5) is 90.1. The van der Waals surface area contributed by atoms with E-state index in [4.69, 9.17) is 4.74 Å². The van der Waals surface area contributed by atoms with Crippen LogP contribution in [0.5, 0.6) is 0 Å². The van der Waals surface area contributed by atoms with E-state index < -0.39 is 36.1 Å². The summed E-state index contributed by atoms with van der Waals surface area (Å²) in [6, 6.07) is 11.8. The third-order valence-electron chi connectivity index (χ3n) is 10.5. The number of ether oxygens (including phenoxy) is 1. The van der Waals surface area contributed by atoms with Gasteiger partial charge < -0.3 is 40.7 Å². The van der Waals surface area contributed by atoms with Gasteiger partial charge in [0.2, 0.25) is 29.5 Å². The number of likely N-dealkylation sites (N-methyl/N-ethyl adjacent to an activating group) is 1. The topological polar surface area (TPSA) is 187 Å². The minimum absolute atomic E-state index is 0.0135. The van der Waals surface area contributed by atoms with Crippen LogP contribution in [-0.2, 0) is 33.5 Å². The first kappa shape index (κ1) is 47.8. The quantitative estimate of drug-likeness (QED) is 0.245. The second kappa shape index (κ2) is 23.8. The molecule has 0 radical (unpaired) electrons. The Morgan fingerprint density at radius 3 is 2.14 bits per heavy atom. The van der Waals surface area contributed by atoms with Crippen LogP contribution >= 0.6 is 0 Å². The van der Waals surface area contributed by atoms with Crippen LogP contribution in [0.3, 0.4) is 0 Å². The van der Waals surface area contributed by atoms with E-state index >= 15 is 0 Å². The summed E-state index contributed by atoms with van der Waals surface area (Å²) in [7, 11) is 1.46. The molecule has 0 saturated carbocycles. The number of carbonyl (C=O) groups is 7. The Hall–Kier alpha value is -5.54. The number of benzene rings is 2. The molecule has 5 unspecified atom stereocenters. The highest BCUT2D eigenvalue weighted by Crippen LogP contribution is 2.26. The predicted molar refractivity (Wildman–Crippen MR) is 221 cm³/mol. The first-order chi connectivity index (χ1) is 28.1. The molecule has 3 aliphatic rings.